The van der Waals surface area contributed by atoms with E-state index in [1.807, 2.05) is 99.6 Å². The first-order valence-corrected chi connectivity index (χ1v) is 11.8. The zero-order chi connectivity index (χ0) is 24.3. The average Bonchev–Trinajstić information content (AvgIpc) is 2.86. The number of amides is 2. The lowest BCUT2D eigenvalue weighted by Crippen LogP contribution is -2.51. The molecule has 0 aliphatic rings. The normalized spacial score (nSPS) is 11.5. The molecule has 34 heavy (non-hydrogen) atoms. The molecule has 2 amide bonds. The van der Waals surface area contributed by atoms with Gasteiger partial charge in [-0.05, 0) is 48.6 Å². The number of hydrogen-bond donors (Lipinski definition) is 1. The number of hydrogen-bond acceptors (Lipinski definition) is 3. The Labute approximate surface area is 202 Å². The first kappa shape index (κ1) is 25.0. The minimum atomic E-state index is -0.649. The number of carbonyl (C=O) groups is 2. The third-order valence-corrected chi connectivity index (χ3v) is 5.92. The third kappa shape index (κ3) is 6.95. The van der Waals surface area contributed by atoms with E-state index in [1.54, 1.807) is 4.90 Å². The van der Waals surface area contributed by atoms with Crippen LogP contribution in [0.4, 0.5) is 0 Å². The minimum absolute atomic E-state index is 0.135. The van der Waals surface area contributed by atoms with Crippen LogP contribution in [0.15, 0.2) is 78.9 Å². The van der Waals surface area contributed by atoms with Gasteiger partial charge in [-0.15, -0.1) is 0 Å². The van der Waals surface area contributed by atoms with Gasteiger partial charge in [0.25, 0.3) is 5.91 Å². The molecule has 5 heteroatoms. The zero-order valence-electron chi connectivity index (χ0n) is 20.3. The van der Waals surface area contributed by atoms with Crippen molar-refractivity contribution >= 4 is 11.8 Å². The fourth-order valence-corrected chi connectivity index (χ4v) is 3.80. The number of carbonyl (C=O) groups excluding carboxylic acids is 2. The van der Waals surface area contributed by atoms with Crippen LogP contribution < -0.4 is 10.1 Å². The van der Waals surface area contributed by atoms with Crippen molar-refractivity contribution in [3.05, 3.63) is 101 Å². The molecule has 178 valence electrons. The van der Waals surface area contributed by atoms with Crippen LogP contribution in [0.5, 0.6) is 5.75 Å². The molecule has 0 saturated heterocycles. The van der Waals surface area contributed by atoms with Crippen LogP contribution >= 0.6 is 0 Å². The van der Waals surface area contributed by atoms with Gasteiger partial charge in [-0.1, -0.05) is 79.7 Å². The van der Waals surface area contributed by atoms with Crippen molar-refractivity contribution in [1.82, 2.24) is 10.2 Å². The predicted octanol–water partition coefficient (Wildman–Crippen LogP) is 4.85. The standard InChI is InChI=1S/C29H34N2O3/c1-4-18-30-29(33)26(19-24-13-7-5-8-14-24)31(20-25-15-9-6-10-16-25)28(32)21-34-27-17-11-12-22(2)23(27)3/h5-17,26H,4,18-21H2,1-3H3,(H,30,33). The number of rotatable bonds is 11. The zero-order valence-corrected chi connectivity index (χ0v) is 20.3. The lowest BCUT2D eigenvalue weighted by Gasteiger charge is -2.31. The molecule has 0 aliphatic heterocycles. The highest BCUT2D eigenvalue weighted by Crippen LogP contribution is 2.21. The highest BCUT2D eigenvalue weighted by atomic mass is 16.5. The van der Waals surface area contributed by atoms with Crippen molar-refractivity contribution in [3.8, 4) is 5.75 Å². The molecule has 0 saturated carbocycles. The molecular formula is C29H34N2O3. The molecule has 0 heterocycles. The van der Waals surface area contributed by atoms with Gasteiger partial charge >= 0.3 is 0 Å². The molecule has 0 aliphatic carbocycles. The van der Waals surface area contributed by atoms with Crippen LogP contribution in [-0.2, 0) is 22.6 Å². The predicted molar refractivity (Wildman–Crippen MR) is 136 cm³/mol. The molecule has 0 bridgehead atoms. The molecule has 1 unspecified atom stereocenters. The molecule has 0 aromatic heterocycles. The average molecular weight is 459 g/mol. The quantitative estimate of drug-likeness (QED) is 0.447. The minimum Gasteiger partial charge on any atom is -0.483 e. The molecule has 1 N–H and O–H groups in total. The van der Waals surface area contributed by atoms with Crippen LogP contribution in [0.1, 0.15) is 35.6 Å². The van der Waals surface area contributed by atoms with E-state index in [1.165, 1.54) is 0 Å². The Morgan fingerprint density at radius 2 is 1.53 bits per heavy atom. The summed E-state index contributed by atoms with van der Waals surface area (Å²) in [6.07, 6.45) is 1.25. The molecule has 0 fully saturated rings. The van der Waals surface area contributed by atoms with Crippen LogP contribution in [0, 0.1) is 13.8 Å². The lowest BCUT2D eigenvalue weighted by molar-refractivity contribution is -0.142. The van der Waals surface area contributed by atoms with Crippen molar-refractivity contribution in [2.75, 3.05) is 13.2 Å². The maximum Gasteiger partial charge on any atom is 0.261 e. The topological polar surface area (TPSA) is 58.6 Å². The second-order valence-electron chi connectivity index (χ2n) is 8.49. The molecule has 3 aromatic rings. The van der Waals surface area contributed by atoms with E-state index in [4.69, 9.17) is 4.74 Å². The molecule has 5 nitrogen and oxygen atoms in total. The van der Waals surface area contributed by atoms with E-state index in [2.05, 4.69) is 5.32 Å². The van der Waals surface area contributed by atoms with Crippen molar-refractivity contribution in [2.45, 2.75) is 46.2 Å². The van der Waals surface area contributed by atoms with E-state index in [-0.39, 0.29) is 18.4 Å². The van der Waals surface area contributed by atoms with Gasteiger partial charge in [-0.25, -0.2) is 0 Å². The highest BCUT2D eigenvalue weighted by molar-refractivity contribution is 5.88. The smallest absolute Gasteiger partial charge is 0.261 e. The third-order valence-electron chi connectivity index (χ3n) is 5.92. The van der Waals surface area contributed by atoms with Crippen LogP contribution in [0.3, 0.4) is 0 Å². The molecular weight excluding hydrogens is 424 g/mol. The maximum atomic E-state index is 13.5. The van der Waals surface area contributed by atoms with E-state index >= 15 is 0 Å². The Kier molecular flexibility index (Phi) is 9.27. The molecule has 0 radical (unpaired) electrons. The summed E-state index contributed by atoms with van der Waals surface area (Å²) in [6, 6.07) is 24.7. The largest absolute Gasteiger partial charge is 0.483 e. The van der Waals surface area contributed by atoms with Crippen molar-refractivity contribution in [3.63, 3.8) is 0 Å². The van der Waals surface area contributed by atoms with Gasteiger partial charge in [0.05, 0.1) is 0 Å². The Balaban J connectivity index is 1.88. The molecule has 0 spiro atoms. The Morgan fingerprint density at radius 1 is 0.882 bits per heavy atom. The Bertz CT molecular complexity index is 1070. The van der Waals surface area contributed by atoms with Crippen LogP contribution in [-0.4, -0.2) is 35.9 Å². The SMILES string of the molecule is CCCNC(=O)C(Cc1ccccc1)N(Cc1ccccc1)C(=O)COc1cccc(C)c1C. The van der Waals surface area contributed by atoms with Gasteiger partial charge in [0.1, 0.15) is 11.8 Å². The highest BCUT2D eigenvalue weighted by Gasteiger charge is 2.30. The second kappa shape index (κ2) is 12.6. The summed E-state index contributed by atoms with van der Waals surface area (Å²) >= 11 is 0. The number of ether oxygens (including phenoxy) is 1. The summed E-state index contributed by atoms with van der Waals surface area (Å²) in [4.78, 5) is 28.5. The lowest BCUT2D eigenvalue weighted by atomic mass is 10.0. The number of aryl methyl sites for hydroxylation is 1. The monoisotopic (exact) mass is 458 g/mol. The number of nitrogens with one attached hydrogen (secondary N) is 1. The van der Waals surface area contributed by atoms with Crippen LogP contribution in [0.25, 0.3) is 0 Å². The van der Waals surface area contributed by atoms with Crippen LogP contribution in [0.2, 0.25) is 0 Å². The van der Waals surface area contributed by atoms with E-state index < -0.39 is 6.04 Å². The van der Waals surface area contributed by atoms with Gasteiger partial charge < -0.3 is 15.0 Å². The van der Waals surface area contributed by atoms with Gasteiger partial charge in [-0.2, -0.15) is 0 Å². The summed E-state index contributed by atoms with van der Waals surface area (Å²) in [5.74, 6) is 0.308. The van der Waals surface area contributed by atoms with E-state index in [0.717, 1.165) is 28.7 Å². The summed E-state index contributed by atoms with van der Waals surface area (Å²) in [5, 5.41) is 2.99. The molecule has 3 aromatic carbocycles. The molecule has 1 atom stereocenters. The number of benzene rings is 3. The van der Waals surface area contributed by atoms with Crippen molar-refractivity contribution < 1.29 is 14.3 Å². The summed E-state index contributed by atoms with van der Waals surface area (Å²) in [7, 11) is 0. The summed E-state index contributed by atoms with van der Waals surface area (Å²) < 4.78 is 5.94. The van der Waals surface area contributed by atoms with Gasteiger partial charge in [0, 0.05) is 19.5 Å². The van der Waals surface area contributed by atoms with Gasteiger partial charge in [-0.3, -0.25) is 9.59 Å². The van der Waals surface area contributed by atoms with Gasteiger partial charge in [0.15, 0.2) is 6.61 Å². The maximum absolute atomic E-state index is 13.5. The van der Waals surface area contributed by atoms with E-state index in [9.17, 15) is 9.59 Å². The molecule has 3 rings (SSSR count). The second-order valence-corrected chi connectivity index (χ2v) is 8.49. The van der Waals surface area contributed by atoms with E-state index in [0.29, 0.717) is 25.3 Å². The van der Waals surface area contributed by atoms with Crippen molar-refractivity contribution in [2.24, 2.45) is 0 Å². The Morgan fingerprint density at radius 3 is 2.18 bits per heavy atom. The fourth-order valence-electron chi connectivity index (χ4n) is 3.80. The number of nitrogens with zero attached hydrogens (tertiary/aromatic N) is 1. The summed E-state index contributed by atoms with van der Waals surface area (Å²) in [5.41, 5.74) is 4.07. The first-order valence-electron chi connectivity index (χ1n) is 11.8. The first-order chi connectivity index (χ1) is 16.5. The fraction of sp³-hybridized carbons (Fsp3) is 0.310. The van der Waals surface area contributed by atoms with Crippen molar-refractivity contribution in [1.29, 1.82) is 0 Å². The summed E-state index contributed by atoms with van der Waals surface area (Å²) in [6.45, 7) is 6.76. The van der Waals surface area contributed by atoms with Gasteiger partial charge in [0.2, 0.25) is 5.91 Å². The Hall–Kier alpha value is -3.60.